The lowest BCUT2D eigenvalue weighted by Gasteiger charge is -2.15. The zero-order valence-corrected chi connectivity index (χ0v) is 12.1. The second kappa shape index (κ2) is 7.41. The van der Waals surface area contributed by atoms with Crippen LogP contribution >= 0.6 is 0 Å². The molecule has 4 nitrogen and oxygen atoms in total. The molecule has 1 aromatic carbocycles. The lowest BCUT2D eigenvalue weighted by molar-refractivity contribution is -0.122. The maximum atomic E-state index is 11.9. The van der Waals surface area contributed by atoms with Crippen LogP contribution in [0.25, 0.3) is 0 Å². The summed E-state index contributed by atoms with van der Waals surface area (Å²) in [6.45, 7) is 5.20. The Morgan fingerprint density at radius 2 is 2.25 bits per heavy atom. The molecule has 1 aromatic rings. The summed E-state index contributed by atoms with van der Waals surface area (Å²) in [4.78, 5) is 14.0. The van der Waals surface area contributed by atoms with Crippen LogP contribution in [0.3, 0.4) is 0 Å². The van der Waals surface area contributed by atoms with E-state index in [0.29, 0.717) is 19.0 Å². The summed E-state index contributed by atoms with van der Waals surface area (Å²) in [5, 5.41) is 12.1. The van der Waals surface area contributed by atoms with Crippen LogP contribution in [0.15, 0.2) is 24.3 Å². The van der Waals surface area contributed by atoms with Crippen molar-refractivity contribution in [1.29, 1.82) is 0 Å². The smallest absolute Gasteiger partial charge is 0.234 e. The summed E-state index contributed by atoms with van der Waals surface area (Å²) in [6, 6.07) is 8.26. The first-order valence-corrected chi connectivity index (χ1v) is 7.33. The van der Waals surface area contributed by atoms with Crippen molar-refractivity contribution in [2.24, 2.45) is 5.92 Å². The standard InChI is InChI=1S/C16H24N2O2/c1-13-4-2-3-5-15(13)6-8-17-16(20)11-18-9-7-14(10-18)12-19/h2-5,14,19H,6-12H2,1H3,(H,17,20). The molecule has 0 bridgehead atoms. The fourth-order valence-electron chi connectivity index (χ4n) is 2.69. The molecule has 20 heavy (non-hydrogen) atoms. The number of amides is 1. The number of rotatable bonds is 6. The first kappa shape index (κ1) is 15.0. The third kappa shape index (κ3) is 4.32. The molecule has 1 unspecified atom stereocenters. The summed E-state index contributed by atoms with van der Waals surface area (Å²) in [7, 11) is 0. The van der Waals surface area contributed by atoms with Crippen LogP contribution in [0.2, 0.25) is 0 Å². The van der Waals surface area contributed by atoms with Gasteiger partial charge >= 0.3 is 0 Å². The molecule has 1 amide bonds. The van der Waals surface area contributed by atoms with Gasteiger partial charge in [0.25, 0.3) is 0 Å². The second-order valence-corrected chi connectivity index (χ2v) is 5.60. The molecular weight excluding hydrogens is 252 g/mol. The Bertz CT molecular complexity index is 448. The van der Waals surface area contributed by atoms with Crippen LogP contribution in [-0.4, -0.2) is 48.7 Å². The number of aryl methyl sites for hydroxylation is 1. The van der Waals surface area contributed by atoms with Gasteiger partial charge in [-0.25, -0.2) is 0 Å². The van der Waals surface area contributed by atoms with Crippen molar-refractivity contribution in [3.8, 4) is 0 Å². The molecule has 1 fully saturated rings. The zero-order valence-electron chi connectivity index (χ0n) is 12.1. The van der Waals surface area contributed by atoms with Crippen molar-refractivity contribution in [3.63, 3.8) is 0 Å². The summed E-state index contributed by atoms with van der Waals surface area (Å²) in [6.07, 6.45) is 1.87. The highest BCUT2D eigenvalue weighted by atomic mass is 16.3. The van der Waals surface area contributed by atoms with E-state index < -0.39 is 0 Å². The Labute approximate surface area is 120 Å². The van der Waals surface area contributed by atoms with E-state index in [0.717, 1.165) is 25.9 Å². The molecule has 0 aliphatic carbocycles. The normalized spacial score (nSPS) is 19.2. The summed E-state index contributed by atoms with van der Waals surface area (Å²) >= 11 is 0. The highest BCUT2D eigenvalue weighted by Gasteiger charge is 2.22. The SMILES string of the molecule is Cc1ccccc1CCNC(=O)CN1CCC(CO)C1. The molecule has 1 heterocycles. The Balaban J connectivity index is 1.67. The van der Waals surface area contributed by atoms with E-state index in [1.54, 1.807) is 0 Å². The molecule has 110 valence electrons. The van der Waals surface area contributed by atoms with Gasteiger partial charge in [0, 0.05) is 19.7 Å². The molecule has 1 aliphatic heterocycles. The number of hydrogen-bond acceptors (Lipinski definition) is 3. The molecule has 0 spiro atoms. The van der Waals surface area contributed by atoms with Gasteiger partial charge in [-0.15, -0.1) is 0 Å². The molecule has 1 saturated heterocycles. The highest BCUT2D eigenvalue weighted by Crippen LogP contribution is 2.14. The molecule has 0 saturated carbocycles. The van der Waals surface area contributed by atoms with Crippen LogP contribution in [0, 0.1) is 12.8 Å². The topological polar surface area (TPSA) is 52.6 Å². The van der Waals surface area contributed by atoms with Gasteiger partial charge in [-0.1, -0.05) is 24.3 Å². The average Bonchev–Trinajstić information content (AvgIpc) is 2.88. The molecule has 1 aliphatic rings. The van der Waals surface area contributed by atoms with Crippen molar-refractivity contribution in [2.75, 3.05) is 32.8 Å². The predicted octanol–water partition coefficient (Wildman–Crippen LogP) is 0.968. The quantitative estimate of drug-likeness (QED) is 0.814. The third-order valence-corrected chi connectivity index (χ3v) is 3.97. The van der Waals surface area contributed by atoms with Gasteiger partial charge in [0.2, 0.25) is 5.91 Å². The van der Waals surface area contributed by atoms with Gasteiger partial charge in [0.15, 0.2) is 0 Å². The summed E-state index contributed by atoms with van der Waals surface area (Å²) in [5.41, 5.74) is 2.56. The van der Waals surface area contributed by atoms with Gasteiger partial charge in [0.1, 0.15) is 0 Å². The average molecular weight is 276 g/mol. The Kier molecular flexibility index (Phi) is 5.56. The van der Waals surface area contributed by atoms with Gasteiger partial charge in [-0.2, -0.15) is 0 Å². The minimum Gasteiger partial charge on any atom is -0.396 e. The zero-order chi connectivity index (χ0) is 14.4. The monoisotopic (exact) mass is 276 g/mol. The van der Waals surface area contributed by atoms with E-state index in [1.165, 1.54) is 11.1 Å². The number of nitrogens with zero attached hydrogens (tertiary/aromatic N) is 1. The number of carbonyl (C=O) groups excluding carboxylic acids is 1. The predicted molar refractivity (Wildman–Crippen MR) is 79.5 cm³/mol. The molecule has 0 radical (unpaired) electrons. The fourth-order valence-corrected chi connectivity index (χ4v) is 2.69. The molecular formula is C16H24N2O2. The van der Waals surface area contributed by atoms with Crippen LogP contribution in [0.5, 0.6) is 0 Å². The van der Waals surface area contributed by atoms with Crippen molar-refractivity contribution in [3.05, 3.63) is 35.4 Å². The number of aliphatic hydroxyl groups excluding tert-OH is 1. The van der Waals surface area contributed by atoms with E-state index in [2.05, 4.69) is 29.3 Å². The molecule has 0 aromatic heterocycles. The van der Waals surface area contributed by atoms with E-state index in [4.69, 9.17) is 5.11 Å². The van der Waals surface area contributed by atoms with Crippen LogP contribution < -0.4 is 5.32 Å². The van der Waals surface area contributed by atoms with Crippen molar-refractivity contribution < 1.29 is 9.90 Å². The van der Waals surface area contributed by atoms with E-state index in [9.17, 15) is 4.79 Å². The lowest BCUT2D eigenvalue weighted by atomic mass is 10.1. The molecule has 2 N–H and O–H groups in total. The maximum absolute atomic E-state index is 11.9. The Morgan fingerprint density at radius 1 is 1.45 bits per heavy atom. The molecule has 2 rings (SSSR count). The number of carbonyl (C=O) groups is 1. The van der Waals surface area contributed by atoms with Gasteiger partial charge < -0.3 is 10.4 Å². The van der Waals surface area contributed by atoms with E-state index in [-0.39, 0.29) is 12.5 Å². The third-order valence-electron chi connectivity index (χ3n) is 3.97. The van der Waals surface area contributed by atoms with Crippen LogP contribution in [-0.2, 0) is 11.2 Å². The minimum absolute atomic E-state index is 0.0807. The number of likely N-dealkylation sites (tertiary alicyclic amines) is 1. The summed E-state index contributed by atoms with van der Waals surface area (Å²) < 4.78 is 0. The van der Waals surface area contributed by atoms with Gasteiger partial charge in [-0.05, 0) is 43.4 Å². The van der Waals surface area contributed by atoms with E-state index >= 15 is 0 Å². The highest BCUT2D eigenvalue weighted by molar-refractivity contribution is 5.78. The Hall–Kier alpha value is -1.39. The van der Waals surface area contributed by atoms with Gasteiger partial charge in [0.05, 0.1) is 6.54 Å². The fraction of sp³-hybridized carbons (Fsp3) is 0.562. The lowest BCUT2D eigenvalue weighted by Crippen LogP contribution is -2.37. The molecule has 1 atom stereocenters. The van der Waals surface area contributed by atoms with Gasteiger partial charge in [-0.3, -0.25) is 9.69 Å². The van der Waals surface area contributed by atoms with Crippen LogP contribution in [0.1, 0.15) is 17.5 Å². The number of hydrogen-bond donors (Lipinski definition) is 2. The first-order chi connectivity index (χ1) is 9.69. The van der Waals surface area contributed by atoms with Crippen molar-refractivity contribution >= 4 is 5.91 Å². The Morgan fingerprint density at radius 3 is 2.95 bits per heavy atom. The number of benzene rings is 1. The maximum Gasteiger partial charge on any atom is 0.234 e. The van der Waals surface area contributed by atoms with Crippen molar-refractivity contribution in [2.45, 2.75) is 19.8 Å². The second-order valence-electron chi connectivity index (χ2n) is 5.60. The van der Waals surface area contributed by atoms with Crippen LogP contribution in [0.4, 0.5) is 0 Å². The van der Waals surface area contributed by atoms with Crippen molar-refractivity contribution in [1.82, 2.24) is 10.2 Å². The number of nitrogens with one attached hydrogen (secondary N) is 1. The summed E-state index contributed by atoms with van der Waals surface area (Å²) in [5.74, 6) is 0.423. The minimum atomic E-state index is 0.0807. The number of aliphatic hydroxyl groups is 1. The van der Waals surface area contributed by atoms with E-state index in [1.807, 2.05) is 12.1 Å². The molecule has 4 heteroatoms. The first-order valence-electron chi connectivity index (χ1n) is 7.33. The largest absolute Gasteiger partial charge is 0.396 e.